The van der Waals surface area contributed by atoms with Crippen LogP contribution in [-0.4, -0.2) is 59.9 Å². The number of hydrogen-bond donors (Lipinski definition) is 3. The highest BCUT2D eigenvalue weighted by Crippen LogP contribution is 2.43. The first-order valence-corrected chi connectivity index (χ1v) is 28.6. The van der Waals surface area contributed by atoms with Crippen molar-refractivity contribution in [2.45, 2.75) is 296 Å². The van der Waals surface area contributed by atoms with Crippen molar-refractivity contribution in [2.75, 3.05) is 19.8 Å². The molecule has 0 heterocycles. The molecule has 0 fully saturated rings. The van der Waals surface area contributed by atoms with E-state index >= 15 is 0 Å². The van der Waals surface area contributed by atoms with Crippen LogP contribution in [0, 0.1) is 0 Å². The van der Waals surface area contributed by atoms with Gasteiger partial charge in [-0.2, -0.15) is 0 Å². The minimum atomic E-state index is -4.72. The molecular weight excluding hydrogens is 830 g/mol. The highest BCUT2D eigenvalue weighted by atomic mass is 31.2. The fraction of sp³-hybridized carbons (Fsp3) is 0.942. The van der Waals surface area contributed by atoms with Crippen molar-refractivity contribution < 1.29 is 47.5 Å². The Morgan fingerprint density at radius 3 is 0.984 bits per heavy atom. The number of ether oxygens (including phenoxy) is 2. The fourth-order valence-electron chi connectivity index (χ4n) is 8.13. The van der Waals surface area contributed by atoms with Gasteiger partial charge in [-0.3, -0.25) is 23.4 Å². The van der Waals surface area contributed by atoms with Crippen molar-refractivity contribution >= 4 is 25.7 Å². The predicted octanol–water partition coefficient (Wildman–Crippen LogP) is 15.4. The van der Waals surface area contributed by atoms with Crippen molar-refractivity contribution in [3.63, 3.8) is 0 Å². The molecule has 0 saturated carbocycles. The van der Waals surface area contributed by atoms with Gasteiger partial charge >= 0.3 is 25.7 Å². The molecule has 0 aromatic heterocycles. The molecule has 0 aromatic carbocycles. The van der Waals surface area contributed by atoms with Gasteiger partial charge in [0.2, 0.25) is 0 Å². The summed E-state index contributed by atoms with van der Waals surface area (Å²) in [6.45, 7) is 2.88. The van der Waals surface area contributed by atoms with E-state index in [4.69, 9.17) is 29.4 Å². The smallest absolute Gasteiger partial charge is 0.472 e. The molecule has 0 aliphatic heterocycles. The zero-order valence-corrected chi connectivity index (χ0v) is 42.6. The van der Waals surface area contributed by atoms with E-state index in [-0.39, 0.29) is 19.4 Å². The van der Waals surface area contributed by atoms with Gasteiger partial charge in [0.25, 0.3) is 0 Å². The molecule has 3 atom stereocenters. The van der Waals surface area contributed by atoms with Gasteiger partial charge in [0.15, 0.2) is 6.10 Å². The Labute approximate surface area is 393 Å². The van der Waals surface area contributed by atoms with Gasteiger partial charge in [-0.1, -0.05) is 258 Å². The molecule has 4 N–H and O–H groups in total. The van der Waals surface area contributed by atoms with Crippen LogP contribution in [0.2, 0.25) is 0 Å². The molecule has 0 radical (unpaired) electrons. The van der Waals surface area contributed by atoms with Crippen LogP contribution in [0.4, 0.5) is 0 Å². The number of hydrogen-bond acceptors (Lipinski definition) is 9. The van der Waals surface area contributed by atoms with Crippen molar-refractivity contribution in [3.05, 3.63) is 0 Å². The van der Waals surface area contributed by atoms with Gasteiger partial charge in [-0.15, -0.1) is 0 Å². The standard InChI is InChI=1S/C52H102NO10P/c1-3-5-7-9-11-13-15-17-19-21-23-24-26-28-30-32-34-36-38-40-42-44-51(55)63-48(46-61-64(58,59)62-47-49(53)52(56)57)45-60-50(54)43-41-39-37-35-33-31-29-27-25-22-20-18-16-14-12-10-8-6-4-2/h48-49H,3-47,53H2,1-2H3,(H,56,57)(H,58,59). The molecule has 0 amide bonds. The lowest BCUT2D eigenvalue weighted by molar-refractivity contribution is -0.161. The summed E-state index contributed by atoms with van der Waals surface area (Å²) in [5.41, 5.74) is 5.36. The number of nitrogens with two attached hydrogens (primary N) is 1. The number of rotatable bonds is 52. The van der Waals surface area contributed by atoms with E-state index in [0.717, 1.165) is 38.5 Å². The van der Waals surface area contributed by atoms with Crippen LogP contribution in [0.3, 0.4) is 0 Å². The molecule has 64 heavy (non-hydrogen) atoms. The number of carbonyl (C=O) groups is 3. The van der Waals surface area contributed by atoms with Gasteiger partial charge in [0.05, 0.1) is 13.2 Å². The molecule has 3 unspecified atom stereocenters. The molecule has 11 nitrogen and oxygen atoms in total. The van der Waals surface area contributed by atoms with Crippen molar-refractivity contribution in [2.24, 2.45) is 5.73 Å². The Hall–Kier alpha value is -1.52. The average Bonchev–Trinajstić information content (AvgIpc) is 3.27. The summed E-state index contributed by atoms with van der Waals surface area (Å²) in [5, 5.41) is 8.93. The molecule has 0 bridgehead atoms. The second-order valence-corrected chi connectivity index (χ2v) is 20.2. The van der Waals surface area contributed by atoms with Gasteiger partial charge < -0.3 is 25.2 Å². The first kappa shape index (κ1) is 62.5. The number of phosphoric ester groups is 1. The summed E-state index contributed by atoms with van der Waals surface area (Å²) in [6.07, 6.45) is 50.2. The van der Waals surface area contributed by atoms with Gasteiger partial charge in [0, 0.05) is 12.8 Å². The highest BCUT2D eigenvalue weighted by Gasteiger charge is 2.28. The Balaban J connectivity index is 4.16. The van der Waals surface area contributed by atoms with E-state index in [1.54, 1.807) is 0 Å². The Bertz CT molecular complexity index is 1090. The maximum atomic E-state index is 12.7. The number of aliphatic carboxylic acids is 1. The largest absolute Gasteiger partial charge is 0.480 e. The third kappa shape index (κ3) is 47.0. The predicted molar refractivity (Wildman–Crippen MR) is 263 cm³/mol. The number of phosphoric acid groups is 1. The molecule has 0 aliphatic rings. The summed E-state index contributed by atoms with van der Waals surface area (Å²) in [6, 6.07) is -1.52. The first-order valence-electron chi connectivity index (χ1n) is 27.1. The minimum Gasteiger partial charge on any atom is -0.480 e. The van der Waals surface area contributed by atoms with E-state index < -0.39 is 51.1 Å². The third-order valence-corrected chi connectivity index (χ3v) is 13.3. The van der Waals surface area contributed by atoms with Crippen LogP contribution >= 0.6 is 7.82 Å². The lowest BCUT2D eigenvalue weighted by Crippen LogP contribution is -2.34. The van der Waals surface area contributed by atoms with Crippen molar-refractivity contribution in [1.82, 2.24) is 0 Å². The second-order valence-electron chi connectivity index (χ2n) is 18.7. The van der Waals surface area contributed by atoms with Crippen molar-refractivity contribution in [3.8, 4) is 0 Å². The van der Waals surface area contributed by atoms with E-state index in [0.29, 0.717) is 12.8 Å². The summed E-state index contributed by atoms with van der Waals surface area (Å²) in [5.74, 6) is -2.35. The van der Waals surface area contributed by atoms with Crippen LogP contribution in [0.15, 0.2) is 0 Å². The molecule has 0 saturated heterocycles. The van der Waals surface area contributed by atoms with Gasteiger partial charge in [0.1, 0.15) is 12.6 Å². The number of unbranched alkanes of at least 4 members (excludes halogenated alkanes) is 38. The third-order valence-electron chi connectivity index (χ3n) is 12.4. The summed E-state index contributed by atoms with van der Waals surface area (Å²) in [4.78, 5) is 46.2. The van der Waals surface area contributed by atoms with E-state index in [1.807, 2.05) is 0 Å². The number of carbonyl (C=O) groups excluding carboxylic acids is 2. The van der Waals surface area contributed by atoms with Crippen LogP contribution < -0.4 is 5.73 Å². The Morgan fingerprint density at radius 2 is 0.688 bits per heavy atom. The molecule has 0 aromatic rings. The average molecular weight is 932 g/mol. The highest BCUT2D eigenvalue weighted by molar-refractivity contribution is 7.47. The summed E-state index contributed by atoms with van der Waals surface area (Å²) in [7, 11) is -4.72. The van der Waals surface area contributed by atoms with Crippen LogP contribution in [-0.2, 0) is 37.5 Å². The summed E-state index contributed by atoms with van der Waals surface area (Å²) < 4.78 is 32.9. The van der Waals surface area contributed by atoms with Crippen LogP contribution in [0.5, 0.6) is 0 Å². The Morgan fingerprint density at radius 1 is 0.422 bits per heavy atom. The van der Waals surface area contributed by atoms with E-state index in [2.05, 4.69) is 13.8 Å². The normalized spacial score (nSPS) is 13.4. The maximum Gasteiger partial charge on any atom is 0.472 e. The molecule has 0 aliphatic carbocycles. The second kappa shape index (κ2) is 48.0. The quantitative estimate of drug-likeness (QED) is 0.0301. The lowest BCUT2D eigenvalue weighted by atomic mass is 10.0. The number of carboxylic acid groups (broad SMARTS) is 1. The van der Waals surface area contributed by atoms with E-state index in [9.17, 15) is 23.8 Å². The van der Waals surface area contributed by atoms with Gasteiger partial charge in [-0.05, 0) is 12.8 Å². The first-order chi connectivity index (χ1) is 31.1. The maximum absolute atomic E-state index is 12.7. The van der Waals surface area contributed by atoms with Crippen LogP contribution in [0.25, 0.3) is 0 Å². The number of carboxylic acids is 1. The Kier molecular flexibility index (Phi) is 46.8. The molecule has 0 rings (SSSR count). The summed E-state index contributed by atoms with van der Waals surface area (Å²) >= 11 is 0. The zero-order valence-electron chi connectivity index (χ0n) is 41.7. The molecular formula is C52H102NO10P. The number of esters is 2. The SMILES string of the molecule is CCCCCCCCCCCCCCCCCCCCCCCC(=O)OC(COC(=O)CCCCCCCCCCCCCCCCCCCCC)COP(=O)(O)OCC(N)C(=O)O. The molecule has 380 valence electrons. The van der Waals surface area contributed by atoms with Crippen molar-refractivity contribution in [1.29, 1.82) is 0 Å². The molecule has 0 spiro atoms. The van der Waals surface area contributed by atoms with E-state index in [1.165, 1.54) is 205 Å². The fourth-order valence-corrected chi connectivity index (χ4v) is 8.91. The monoisotopic (exact) mass is 932 g/mol. The molecule has 12 heteroatoms. The van der Waals surface area contributed by atoms with Crippen LogP contribution in [0.1, 0.15) is 284 Å². The van der Waals surface area contributed by atoms with Gasteiger partial charge in [-0.25, -0.2) is 4.57 Å². The minimum absolute atomic E-state index is 0.170. The zero-order chi connectivity index (χ0) is 47.0. The lowest BCUT2D eigenvalue weighted by Gasteiger charge is -2.20. The topological polar surface area (TPSA) is 172 Å².